The van der Waals surface area contributed by atoms with Crippen molar-refractivity contribution >= 4 is 34.4 Å². The van der Waals surface area contributed by atoms with Gasteiger partial charge in [0.1, 0.15) is 18.8 Å². The lowest BCUT2D eigenvalue weighted by atomic mass is 9.75. The number of ether oxygens (including phenoxy) is 3. The number of aliphatic hydroxyl groups excluding tert-OH is 3. The molecule has 4 rings (SSSR count). The quantitative estimate of drug-likeness (QED) is 0.223. The molecule has 2 amide bonds. The van der Waals surface area contributed by atoms with Crippen LogP contribution in [0.2, 0.25) is 0 Å². The summed E-state index contributed by atoms with van der Waals surface area (Å²) in [6, 6.07) is 2.64. The maximum Gasteiger partial charge on any atom is 0.249 e. The number of benzene rings is 1. The zero-order valence-electron chi connectivity index (χ0n) is 27.0. The van der Waals surface area contributed by atoms with E-state index in [2.05, 4.69) is 48.7 Å². The summed E-state index contributed by atoms with van der Waals surface area (Å²) in [4.78, 5) is 29.2. The highest BCUT2D eigenvalue weighted by molar-refractivity contribution is 14.1. The number of carbonyl (C=O) groups is 2. The van der Waals surface area contributed by atoms with Crippen molar-refractivity contribution in [2.24, 2.45) is 17.8 Å². The molecule has 1 aromatic carbocycles. The third kappa shape index (κ3) is 8.91. The zero-order chi connectivity index (χ0) is 32.7. The normalized spacial score (nSPS) is 27.3. The van der Waals surface area contributed by atoms with Crippen molar-refractivity contribution in [2.75, 3.05) is 26.9 Å². The Morgan fingerprint density at radius 1 is 1.13 bits per heavy atom. The van der Waals surface area contributed by atoms with E-state index in [-0.39, 0.29) is 56.7 Å². The summed E-state index contributed by atoms with van der Waals surface area (Å²) < 4.78 is 19.0. The third-order valence-corrected chi connectivity index (χ3v) is 10.5. The fourth-order valence-electron chi connectivity index (χ4n) is 7.26. The van der Waals surface area contributed by atoms with Crippen molar-refractivity contribution in [3.8, 4) is 11.5 Å². The summed E-state index contributed by atoms with van der Waals surface area (Å²) >= 11 is 2.09. The Morgan fingerprint density at radius 3 is 2.51 bits per heavy atom. The Morgan fingerprint density at radius 2 is 1.87 bits per heavy atom. The van der Waals surface area contributed by atoms with Gasteiger partial charge in [-0.3, -0.25) is 9.59 Å². The first-order valence-electron chi connectivity index (χ1n) is 16.4. The Bertz CT molecular complexity index is 1190. The Labute approximate surface area is 281 Å². The minimum absolute atomic E-state index is 0.00615. The second-order valence-corrected chi connectivity index (χ2v) is 14.4. The molecule has 0 saturated heterocycles. The first-order chi connectivity index (χ1) is 21.6. The molecule has 0 aliphatic heterocycles. The molecule has 10 nitrogen and oxygen atoms in total. The topological polar surface area (TPSA) is 138 Å². The maximum absolute atomic E-state index is 14.2. The molecule has 0 bridgehead atoms. The number of hydrogen-bond donors (Lipinski definition) is 4. The van der Waals surface area contributed by atoms with Crippen molar-refractivity contribution in [1.82, 2.24) is 10.2 Å². The fourth-order valence-corrected chi connectivity index (χ4v) is 8.06. The molecule has 0 spiro atoms. The van der Waals surface area contributed by atoms with Gasteiger partial charge in [0.2, 0.25) is 11.8 Å². The third-order valence-electron chi connectivity index (χ3n) is 9.69. The first kappa shape index (κ1) is 35.9. The molecular formula is C34H51IN2O8. The second-order valence-electron chi connectivity index (χ2n) is 13.2. The molecule has 0 radical (unpaired) electrons. The number of rotatable bonds is 13. The van der Waals surface area contributed by atoms with Crippen LogP contribution in [0.25, 0.3) is 0 Å². The van der Waals surface area contributed by atoms with Gasteiger partial charge in [-0.25, -0.2) is 0 Å². The Hall–Kier alpha value is -1.93. The molecule has 45 heavy (non-hydrogen) atoms. The number of carbonyl (C=O) groups excluding carboxylic acids is 2. The molecule has 2 saturated carbocycles. The van der Waals surface area contributed by atoms with E-state index in [1.54, 1.807) is 23.1 Å². The van der Waals surface area contributed by atoms with Crippen LogP contribution in [0, 0.1) is 21.3 Å². The number of nitrogens with zero attached hydrogens (tertiary/aromatic N) is 1. The zero-order valence-corrected chi connectivity index (χ0v) is 29.2. The van der Waals surface area contributed by atoms with Crippen LogP contribution in [0.15, 0.2) is 23.8 Å². The molecule has 0 aromatic heterocycles. The molecule has 11 heteroatoms. The predicted octanol–water partition coefficient (Wildman–Crippen LogP) is 3.96. The number of nitrogens with one attached hydrogen (secondary N) is 1. The van der Waals surface area contributed by atoms with Gasteiger partial charge < -0.3 is 39.7 Å². The van der Waals surface area contributed by atoms with E-state index in [0.717, 1.165) is 38.5 Å². The van der Waals surface area contributed by atoms with E-state index in [1.807, 2.05) is 0 Å². The molecule has 6 unspecified atom stereocenters. The summed E-state index contributed by atoms with van der Waals surface area (Å²) in [7, 11) is 1.50. The van der Waals surface area contributed by atoms with Gasteiger partial charge in [0, 0.05) is 24.6 Å². The van der Waals surface area contributed by atoms with Gasteiger partial charge in [0.15, 0.2) is 11.5 Å². The minimum Gasteiger partial charge on any atom is -0.493 e. The van der Waals surface area contributed by atoms with Crippen molar-refractivity contribution < 1.29 is 39.1 Å². The van der Waals surface area contributed by atoms with Crippen LogP contribution < -0.4 is 14.8 Å². The number of aliphatic hydroxyl groups is 3. The largest absolute Gasteiger partial charge is 0.493 e. The van der Waals surface area contributed by atoms with Crippen molar-refractivity contribution in [3.63, 3.8) is 0 Å². The van der Waals surface area contributed by atoms with Crippen molar-refractivity contribution in [3.05, 3.63) is 32.9 Å². The number of methoxy groups -OCH3 is 1. The summed E-state index contributed by atoms with van der Waals surface area (Å²) in [5.74, 6) is 1.60. The lowest BCUT2D eigenvalue weighted by Crippen LogP contribution is -2.58. The average molecular weight is 743 g/mol. The molecule has 2 fully saturated rings. The average Bonchev–Trinajstić information content (AvgIpc) is 3.55. The lowest BCUT2D eigenvalue weighted by Gasteiger charge is -2.44. The number of amides is 2. The summed E-state index contributed by atoms with van der Waals surface area (Å²) in [5.41, 5.74) is 1.03. The van der Waals surface area contributed by atoms with Crippen LogP contribution in [0.5, 0.6) is 11.5 Å². The van der Waals surface area contributed by atoms with E-state index in [1.165, 1.54) is 13.5 Å². The van der Waals surface area contributed by atoms with Crippen LogP contribution in [-0.2, 0) is 20.9 Å². The molecule has 3 aliphatic rings. The summed E-state index contributed by atoms with van der Waals surface area (Å²) in [5, 5.41) is 33.6. The second kappa shape index (κ2) is 16.8. The molecular weight excluding hydrogens is 691 g/mol. The highest BCUT2D eigenvalue weighted by atomic mass is 127. The maximum atomic E-state index is 14.2. The summed E-state index contributed by atoms with van der Waals surface area (Å²) in [6.07, 6.45) is 6.44. The van der Waals surface area contributed by atoms with E-state index in [0.29, 0.717) is 44.0 Å². The van der Waals surface area contributed by atoms with Crippen LogP contribution >= 0.6 is 22.6 Å². The van der Waals surface area contributed by atoms with Gasteiger partial charge in [-0.05, 0) is 89.8 Å². The van der Waals surface area contributed by atoms with Crippen LogP contribution in [0.3, 0.4) is 0 Å². The van der Waals surface area contributed by atoms with Gasteiger partial charge in [-0.2, -0.15) is 0 Å². The van der Waals surface area contributed by atoms with Gasteiger partial charge in [-0.1, -0.05) is 40.0 Å². The Kier molecular flexibility index (Phi) is 13.4. The smallest absolute Gasteiger partial charge is 0.249 e. The van der Waals surface area contributed by atoms with Gasteiger partial charge in [-0.15, -0.1) is 0 Å². The molecule has 3 aliphatic carbocycles. The van der Waals surface area contributed by atoms with Gasteiger partial charge in [0.05, 0.1) is 36.0 Å². The van der Waals surface area contributed by atoms with Crippen LogP contribution in [-0.4, -0.2) is 89.3 Å². The highest BCUT2D eigenvalue weighted by Crippen LogP contribution is 2.39. The van der Waals surface area contributed by atoms with Crippen molar-refractivity contribution in [1.29, 1.82) is 0 Å². The highest BCUT2D eigenvalue weighted by Gasteiger charge is 2.44. The molecule has 0 heterocycles. The first-order valence-corrected chi connectivity index (χ1v) is 17.5. The molecule has 6 atom stereocenters. The monoisotopic (exact) mass is 742 g/mol. The van der Waals surface area contributed by atoms with E-state index >= 15 is 0 Å². The predicted molar refractivity (Wildman–Crippen MR) is 179 cm³/mol. The minimum atomic E-state index is -1.14. The van der Waals surface area contributed by atoms with Gasteiger partial charge >= 0.3 is 0 Å². The molecule has 4 N–H and O–H groups in total. The number of hydrogen-bond acceptors (Lipinski definition) is 8. The number of halogens is 1. The lowest BCUT2D eigenvalue weighted by molar-refractivity contribution is -0.151. The van der Waals surface area contributed by atoms with Crippen molar-refractivity contribution in [2.45, 2.75) is 109 Å². The molecule has 1 aromatic rings. The summed E-state index contributed by atoms with van der Waals surface area (Å²) in [6.45, 7) is 6.29. The van der Waals surface area contributed by atoms with Crippen LogP contribution in [0.4, 0.5) is 0 Å². The van der Waals surface area contributed by atoms with Crippen LogP contribution in [0.1, 0.15) is 77.7 Å². The Balaban J connectivity index is 1.64. The van der Waals surface area contributed by atoms with Gasteiger partial charge in [0.25, 0.3) is 0 Å². The standard InChI is InChI=1S/C34H51IN2O8/c1-20(2)25-10-9-21(3)13-28(25)44-19-31(40)37(24-7-5-6-8-24)27-16-23(34(42)36-11-12-38)17-29(32(27)41)45-33-26(35)14-22(18-39)15-30(33)43-4/h14-15,17,20-21,24-25,27-29,32,38-39,41H,5-13,16,18-19H2,1-4H3,(H,36,42). The SMILES string of the molecule is COc1cc(CO)cc(I)c1OC1C=C(C(=O)NCCO)CC(N(C(=O)COC2CC(C)CCC2C(C)C)C2CCCC2)C1O. The van der Waals surface area contributed by atoms with E-state index in [9.17, 15) is 24.9 Å². The fraction of sp³-hybridized carbons (Fsp3) is 0.706. The van der Waals surface area contributed by atoms with E-state index < -0.39 is 18.2 Å². The van der Waals surface area contributed by atoms with E-state index in [4.69, 9.17) is 14.2 Å². The molecule has 252 valence electrons.